The van der Waals surface area contributed by atoms with Crippen molar-refractivity contribution in [2.45, 2.75) is 25.2 Å². The Morgan fingerprint density at radius 3 is 2.67 bits per heavy atom. The van der Waals surface area contributed by atoms with Gasteiger partial charge in [-0.3, -0.25) is 9.59 Å². The van der Waals surface area contributed by atoms with Crippen molar-refractivity contribution in [2.75, 3.05) is 13.1 Å². The summed E-state index contributed by atoms with van der Waals surface area (Å²) in [5.74, 6) is -1.02. The Bertz CT molecular complexity index is 457. The molecule has 1 N–H and O–H groups in total. The van der Waals surface area contributed by atoms with E-state index in [1.165, 1.54) is 4.90 Å². The van der Waals surface area contributed by atoms with E-state index in [9.17, 15) is 9.59 Å². The molecule has 1 aliphatic rings. The van der Waals surface area contributed by atoms with E-state index in [-0.39, 0.29) is 17.9 Å². The van der Waals surface area contributed by atoms with Crippen LogP contribution in [-0.2, 0) is 15.0 Å². The van der Waals surface area contributed by atoms with Crippen molar-refractivity contribution in [2.24, 2.45) is 0 Å². The summed E-state index contributed by atoms with van der Waals surface area (Å²) in [4.78, 5) is 23.9. The highest BCUT2D eigenvalue weighted by Crippen LogP contribution is 2.33. The number of nitrogens with zero attached hydrogens (tertiary/aromatic N) is 1. The van der Waals surface area contributed by atoms with Gasteiger partial charge >= 0.3 is 5.97 Å². The van der Waals surface area contributed by atoms with Crippen molar-refractivity contribution in [3.63, 3.8) is 0 Å². The summed E-state index contributed by atoms with van der Waals surface area (Å²) in [5, 5.41) is 8.83. The van der Waals surface area contributed by atoms with Gasteiger partial charge < -0.3 is 10.0 Å². The van der Waals surface area contributed by atoms with E-state index >= 15 is 0 Å². The summed E-state index contributed by atoms with van der Waals surface area (Å²) in [6, 6.07) is 9.97. The van der Waals surface area contributed by atoms with E-state index in [1.807, 2.05) is 30.3 Å². The number of likely N-dealkylation sites (tertiary alicyclic amines) is 1. The molecule has 1 aromatic rings. The van der Waals surface area contributed by atoms with E-state index in [1.54, 1.807) is 0 Å². The number of benzene rings is 1. The van der Waals surface area contributed by atoms with Gasteiger partial charge in [0.05, 0.1) is 0 Å². The Kier molecular flexibility index (Phi) is 3.36. The van der Waals surface area contributed by atoms with Crippen molar-refractivity contribution in [3.8, 4) is 0 Å². The van der Waals surface area contributed by atoms with Crippen molar-refractivity contribution in [3.05, 3.63) is 35.9 Å². The molecule has 1 atom stereocenters. The third kappa shape index (κ3) is 2.53. The van der Waals surface area contributed by atoms with E-state index in [0.29, 0.717) is 13.0 Å². The van der Waals surface area contributed by atoms with Crippen LogP contribution >= 0.6 is 0 Å². The molecular formula is C14H17NO3. The predicted molar refractivity (Wildman–Crippen MR) is 67.2 cm³/mol. The number of hydrogen-bond acceptors (Lipinski definition) is 2. The Balaban J connectivity index is 2.20. The first-order valence-corrected chi connectivity index (χ1v) is 6.06. The lowest BCUT2D eigenvalue weighted by atomic mass is 9.76. The monoisotopic (exact) mass is 247 g/mol. The number of hydrogen-bond donors (Lipinski definition) is 1. The number of rotatable bonds is 3. The molecule has 1 heterocycles. The molecule has 0 aliphatic carbocycles. The summed E-state index contributed by atoms with van der Waals surface area (Å²) in [5.41, 5.74) is 1.01. The molecule has 1 saturated heterocycles. The van der Waals surface area contributed by atoms with Crippen molar-refractivity contribution in [1.29, 1.82) is 0 Å². The van der Waals surface area contributed by atoms with Gasteiger partial charge in [-0.2, -0.15) is 0 Å². The Hall–Kier alpha value is -1.84. The smallest absolute Gasteiger partial charge is 0.323 e. The average Bonchev–Trinajstić information content (AvgIpc) is 2.35. The molecule has 1 amide bonds. The van der Waals surface area contributed by atoms with Crippen LogP contribution in [0.3, 0.4) is 0 Å². The van der Waals surface area contributed by atoms with Gasteiger partial charge in [0.2, 0.25) is 5.91 Å². The minimum absolute atomic E-state index is 0.0641. The maximum Gasteiger partial charge on any atom is 0.323 e. The first-order chi connectivity index (χ1) is 8.51. The fraction of sp³-hybridized carbons (Fsp3) is 0.429. The molecule has 0 radical (unpaired) electrons. The van der Waals surface area contributed by atoms with Gasteiger partial charge in [0.1, 0.15) is 6.54 Å². The first kappa shape index (κ1) is 12.6. The van der Waals surface area contributed by atoms with Crippen LogP contribution in [0.15, 0.2) is 30.3 Å². The highest BCUT2D eigenvalue weighted by Gasteiger charge is 2.36. The molecular weight excluding hydrogens is 230 g/mol. The Morgan fingerprint density at radius 1 is 1.39 bits per heavy atom. The molecule has 96 valence electrons. The van der Waals surface area contributed by atoms with E-state index in [0.717, 1.165) is 12.0 Å². The Labute approximate surface area is 106 Å². The number of carbonyl (C=O) groups is 2. The van der Waals surface area contributed by atoms with Gasteiger partial charge in [-0.1, -0.05) is 37.3 Å². The average molecular weight is 247 g/mol. The molecule has 1 aliphatic heterocycles. The molecule has 0 bridgehead atoms. The third-order valence-corrected chi connectivity index (χ3v) is 3.58. The summed E-state index contributed by atoms with van der Waals surface area (Å²) < 4.78 is 0. The zero-order valence-electron chi connectivity index (χ0n) is 10.4. The van der Waals surface area contributed by atoms with Crippen LogP contribution in [0.4, 0.5) is 0 Å². The molecule has 0 saturated carbocycles. The number of carboxylic acids is 1. The third-order valence-electron chi connectivity index (χ3n) is 3.58. The minimum atomic E-state index is -0.958. The second-order valence-electron chi connectivity index (χ2n) is 5.07. The molecule has 1 fully saturated rings. The van der Waals surface area contributed by atoms with Crippen molar-refractivity contribution in [1.82, 2.24) is 4.90 Å². The van der Waals surface area contributed by atoms with Crippen LogP contribution in [0.2, 0.25) is 0 Å². The summed E-state index contributed by atoms with van der Waals surface area (Å²) >= 11 is 0. The number of aliphatic carboxylic acids is 1. The van der Waals surface area contributed by atoms with Gasteiger partial charge in [-0.25, -0.2) is 0 Å². The quantitative estimate of drug-likeness (QED) is 0.883. The fourth-order valence-electron chi connectivity index (χ4n) is 2.51. The standard InChI is InChI=1S/C14H17NO3/c1-14(11-5-3-2-4-6-11)8-7-12(16)15(10-14)9-13(17)18/h2-6H,7-10H2,1H3,(H,17,18)/t14-/m0/s1. The lowest BCUT2D eigenvalue weighted by Gasteiger charge is -2.40. The van der Waals surface area contributed by atoms with E-state index in [4.69, 9.17) is 5.11 Å². The highest BCUT2D eigenvalue weighted by molar-refractivity contribution is 5.82. The molecule has 4 heteroatoms. The molecule has 2 rings (SSSR count). The largest absolute Gasteiger partial charge is 0.480 e. The molecule has 4 nitrogen and oxygen atoms in total. The fourth-order valence-corrected chi connectivity index (χ4v) is 2.51. The molecule has 0 unspecified atom stereocenters. The van der Waals surface area contributed by atoms with Crippen LogP contribution in [0.1, 0.15) is 25.3 Å². The second-order valence-corrected chi connectivity index (χ2v) is 5.07. The lowest BCUT2D eigenvalue weighted by Crippen LogP contribution is -2.49. The highest BCUT2D eigenvalue weighted by atomic mass is 16.4. The van der Waals surface area contributed by atoms with Gasteiger partial charge in [0.15, 0.2) is 0 Å². The van der Waals surface area contributed by atoms with Crippen LogP contribution in [0, 0.1) is 0 Å². The van der Waals surface area contributed by atoms with Gasteiger partial charge in [0, 0.05) is 18.4 Å². The van der Waals surface area contributed by atoms with E-state index in [2.05, 4.69) is 6.92 Å². The summed E-state index contributed by atoms with van der Waals surface area (Å²) in [6.45, 7) is 2.35. The van der Waals surface area contributed by atoms with Crippen LogP contribution in [0.25, 0.3) is 0 Å². The SMILES string of the molecule is C[C@]1(c2ccccc2)CCC(=O)N(CC(=O)O)C1. The van der Waals surface area contributed by atoms with E-state index < -0.39 is 5.97 Å². The van der Waals surface area contributed by atoms with Crippen LogP contribution in [0.5, 0.6) is 0 Å². The summed E-state index contributed by atoms with van der Waals surface area (Å²) in [7, 11) is 0. The first-order valence-electron chi connectivity index (χ1n) is 6.06. The number of amides is 1. The zero-order valence-corrected chi connectivity index (χ0v) is 10.4. The second kappa shape index (κ2) is 4.80. The van der Waals surface area contributed by atoms with Gasteiger partial charge in [-0.15, -0.1) is 0 Å². The molecule has 0 aromatic heterocycles. The number of piperidine rings is 1. The molecule has 18 heavy (non-hydrogen) atoms. The summed E-state index contributed by atoms with van der Waals surface area (Å²) in [6.07, 6.45) is 1.19. The maximum absolute atomic E-state index is 11.7. The normalized spacial score (nSPS) is 24.1. The zero-order chi connectivity index (χ0) is 13.2. The molecule has 1 aromatic carbocycles. The number of carbonyl (C=O) groups excluding carboxylic acids is 1. The van der Waals surface area contributed by atoms with Crippen LogP contribution in [-0.4, -0.2) is 35.0 Å². The number of carboxylic acid groups (broad SMARTS) is 1. The van der Waals surface area contributed by atoms with Gasteiger partial charge in [0.25, 0.3) is 0 Å². The van der Waals surface area contributed by atoms with Crippen LogP contribution < -0.4 is 0 Å². The predicted octanol–water partition coefficient (Wildman–Crippen LogP) is 1.65. The molecule has 0 spiro atoms. The van der Waals surface area contributed by atoms with Gasteiger partial charge in [-0.05, 0) is 12.0 Å². The lowest BCUT2D eigenvalue weighted by molar-refractivity contribution is -0.146. The minimum Gasteiger partial charge on any atom is -0.480 e. The maximum atomic E-state index is 11.7. The van der Waals surface area contributed by atoms with Crippen molar-refractivity contribution >= 4 is 11.9 Å². The Morgan fingerprint density at radius 2 is 2.06 bits per heavy atom. The topological polar surface area (TPSA) is 57.6 Å². The van der Waals surface area contributed by atoms with Crippen molar-refractivity contribution < 1.29 is 14.7 Å².